The van der Waals surface area contributed by atoms with Gasteiger partial charge in [0.25, 0.3) is 0 Å². The Morgan fingerprint density at radius 3 is 2.53 bits per heavy atom. The van der Waals surface area contributed by atoms with Gasteiger partial charge in [0, 0.05) is 18.8 Å². The summed E-state index contributed by atoms with van der Waals surface area (Å²) in [6.07, 6.45) is 1.82. The number of amides is 1. The van der Waals surface area contributed by atoms with Crippen LogP contribution in [-0.2, 0) is 4.79 Å². The molecule has 2 rings (SSSR count). The van der Waals surface area contributed by atoms with E-state index in [0.29, 0.717) is 0 Å². The van der Waals surface area contributed by atoms with Gasteiger partial charge in [0.15, 0.2) is 0 Å². The second-order valence-electron chi connectivity index (χ2n) is 5.34. The number of aryl methyl sites for hydroxylation is 1. The largest absolute Gasteiger partial charge is 0.488 e. The fraction of sp³-hybridized carbons (Fsp3) is 0.533. The molecule has 0 atom stereocenters. The van der Waals surface area contributed by atoms with Gasteiger partial charge in [-0.25, -0.2) is 0 Å². The first-order valence-corrected chi connectivity index (χ1v) is 6.97. The molecule has 1 aliphatic heterocycles. The number of ether oxygens (including phenoxy) is 1. The summed E-state index contributed by atoms with van der Waals surface area (Å²) in [6.45, 7) is 5.81. The number of nitrogens with one attached hydrogen (secondary N) is 1. The molecular formula is C15H23N2O2+. The van der Waals surface area contributed by atoms with Crippen LogP contribution in [0.1, 0.15) is 18.4 Å². The van der Waals surface area contributed by atoms with Crippen molar-refractivity contribution < 1.29 is 14.4 Å². The Bertz CT molecular complexity index is 409. The number of rotatable bonds is 5. The summed E-state index contributed by atoms with van der Waals surface area (Å²) < 4.78 is 5.73. The lowest BCUT2D eigenvalue weighted by atomic mass is 9.96. The first kappa shape index (κ1) is 13.9. The minimum absolute atomic E-state index is 0.0850. The Morgan fingerprint density at radius 1 is 1.32 bits per heavy atom. The normalized spacial score (nSPS) is 23.0. The number of primary amides is 1. The molecule has 0 spiro atoms. The van der Waals surface area contributed by atoms with E-state index in [1.807, 2.05) is 12.1 Å². The van der Waals surface area contributed by atoms with E-state index in [1.165, 1.54) is 10.5 Å². The number of carbonyl (C=O) groups excluding carboxylic acids is 1. The summed E-state index contributed by atoms with van der Waals surface area (Å²) in [5.74, 6) is 0.869. The van der Waals surface area contributed by atoms with E-state index < -0.39 is 0 Å². The van der Waals surface area contributed by atoms with E-state index in [0.717, 1.165) is 44.8 Å². The number of benzene rings is 1. The molecule has 0 aliphatic carbocycles. The molecule has 1 heterocycles. The second kappa shape index (κ2) is 6.57. The third-order valence-electron chi connectivity index (χ3n) is 3.84. The summed E-state index contributed by atoms with van der Waals surface area (Å²) in [5, 5.41) is 0. The molecule has 0 aromatic heterocycles. The second-order valence-corrected chi connectivity index (χ2v) is 5.34. The molecule has 0 radical (unpaired) electrons. The van der Waals surface area contributed by atoms with Gasteiger partial charge >= 0.3 is 0 Å². The van der Waals surface area contributed by atoms with Crippen LogP contribution in [0.3, 0.4) is 0 Å². The van der Waals surface area contributed by atoms with Crippen molar-refractivity contribution in [3.8, 4) is 5.75 Å². The SMILES string of the molecule is Cc1ccc(OCC[NH+]2CCC(C(N)=O)CC2)cc1. The van der Waals surface area contributed by atoms with E-state index >= 15 is 0 Å². The zero-order valence-corrected chi connectivity index (χ0v) is 11.5. The minimum Gasteiger partial charge on any atom is -0.488 e. The minimum atomic E-state index is -0.144. The Morgan fingerprint density at radius 2 is 1.95 bits per heavy atom. The highest BCUT2D eigenvalue weighted by Crippen LogP contribution is 2.11. The first-order chi connectivity index (χ1) is 9.15. The van der Waals surface area contributed by atoms with Crippen molar-refractivity contribution in [2.75, 3.05) is 26.2 Å². The maximum Gasteiger partial charge on any atom is 0.220 e. The van der Waals surface area contributed by atoms with Crippen molar-refractivity contribution in [2.24, 2.45) is 11.7 Å². The van der Waals surface area contributed by atoms with E-state index in [4.69, 9.17) is 10.5 Å². The van der Waals surface area contributed by atoms with E-state index in [9.17, 15) is 4.79 Å². The van der Waals surface area contributed by atoms with Gasteiger partial charge in [0.1, 0.15) is 18.9 Å². The first-order valence-electron chi connectivity index (χ1n) is 6.97. The molecular weight excluding hydrogens is 240 g/mol. The van der Waals surface area contributed by atoms with Crippen molar-refractivity contribution in [3.05, 3.63) is 29.8 Å². The number of piperidine rings is 1. The third-order valence-corrected chi connectivity index (χ3v) is 3.84. The number of nitrogens with two attached hydrogens (primary N) is 1. The smallest absolute Gasteiger partial charge is 0.220 e. The molecule has 19 heavy (non-hydrogen) atoms. The van der Waals surface area contributed by atoms with Gasteiger partial charge in [-0.3, -0.25) is 4.79 Å². The van der Waals surface area contributed by atoms with E-state index in [1.54, 1.807) is 0 Å². The van der Waals surface area contributed by atoms with Gasteiger partial charge in [-0.05, 0) is 19.1 Å². The quantitative estimate of drug-likeness (QED) is 0.795. The van der Waals surface area contributed by atoms with Gasteiger partial charge in [-0.1, -0.05) is 17.7 Å². The molecule has 3 N–H and O–H groups in total. The predicted octanol–water partition coefficient (Wildman–Crippen LogP) is 0.154. The highest BCUT2D eigenvalue weighted by molar-refractivity contribution is 5.76. The van der Waals surface area contributed by atoms with Gasteiger partial charge in [-0.2, -0.15) is 0 Å². The molecule has 0 unspecified atom stereocenters. The maximum absolute atomic E-state index is 11.1. The number of likely N-dealkylation sites (tertiary alicyclic amines) is 1. The standard InChI is InChI=1S/C15H22N2O2/c1-12-2-4-14(5-3-12)19-11-10-17-8-6-13(7-9-17)15(16)18/h2-5,13H,6-11H2,1H3,(H2,16,18)/p+1. The number of quaternary nitrogens is 1. The topological polar surface area (TPSA) is 56.8 Å². The number of hydrogen-bond donors (Lipinski definition) is 2. The van der Waals surface area contributed by atoms with E-state index in [-0.39, 0.29) is 11.8 Å². The van der Waals surface area contributed by atoms with Crippen LogP contribution in [0.5, 0.6) is 5.75 Å². The summed E-state index contributed by atoms with van der Waals surface area (Å²) >= 11 is 0. The van der Waals surface area contributed by atoms with Gasteiger partial charge in [0.05, 0.1) is 13.1 Å². The van der Waals surface area contributed by atoms with Crippen LogP contribution in [0.15, 0.2) is 24.3 Å². The summed E-state index contributed by atoms with van der Waals surface area (Å²) in [6, 6.07) is 8.12. The van der Waals surface area contributed by atoms with Crippen LogP contribution in [0.4, 0.5) is 0 Å². The van der Waals surface area contributed by atoms with Crippen LogP contribution in [0.2, 0.25) is 0 Å². The Balaban J connectivity index is 1.67. The molecule has 1 aromatic rings. The lowest BCUT2D eigenvalue weighted by molar-refractivity contribution is -0.905. The molecule has 4 nitrogen and oxygen atoms in total. The molecule has 1 fully saturated rings. The van der Waals surface area contributed by atoms with Crippen LogP contribution in [0, 0.1) is 12.8 Å². The van der Waals surface area contributed by atoms with Gasteiger partial charge in [-0.15, -0.1) is 0 Å². The molecule has 1 aromatic carbocycles. The summed E-state index contributed by atoms with van der Waals surface area (Å²) in [5.41, 5.74) is 6.57. The Kier molecular flexibility index (Phi) is 4.80. The zero-order valence-electron chi connectivity index (χ0n) is 11.5. The third kappa shape index (κ3) is 4.24. The average Bonchev–Trinajstić information content (AvgIpc) is 2.41. The van der Waals surface area contributed by atoms with Crippen molar-refractivity contribution in [1.82, 2.24) is 0 Å². The molecule has 0 saturated carbocycles. The molecule has 1 saturated heterocycles. The van der Waals surface area contributed by atoms with Gasteiger partial charge < -0.3 is 15.4 Å². The molecule has 0 bridgehead atoms. The number of hydrogen-bond acceptors (Lipinski definition) is 2. The van der Waals surface area contributed by atoms with Crippen molar-refractivity contribution in [2.45, 2.75) is 19.8 Å². The fourth-order valence-corrected chi connectivity index (χ4v) is 2.51. The van der Waals surface area contributed by atoms with E-state index in [2.05, 4.69) is 19.1 Å². The monoisotopic (exact) mass is 263 g/mol. The lowest BCUT2D eigenvalue weighted by Crippen LogP contribution is -3.13. The predicted molar refractivity (Wildman–Crippen MR) is 74.2 cm³/mol. The van der Waals surface area contributed by atoms with Crippen LogP contribution < -0.4 is 15.4 Å². The number of carbonyl (C=O) groups is 1. The highest BCUT2D eigenvalue weighted by Gasteiger charge is 2.25. The molecule has 104 valence electrons. The van der Waals surface area contributed by atoms with Crippen LogP contribution >= 0.6 is 0 Å². The Labute approximate surface area is 114 Å². The van der Waals surface area contributed by atoms with Crippen molar-refractivity contribution in [1.29, 1.82) is 0 Å². The van der Waals surface area contributed by atoms with Gasteiger partial charge in [0.2, 0.25) is 5.91 Å². The molecule has 1 aliphatic rings. The fourth-order valence-electron chi connectivity index (χ4n) is 2.51. The summed E-state index contributed by atoms with van der Waals surface area (Å²) in [7, 11) is 0. The van der Waals surface area contributed by atoms with Crippen LogP contribution in [0.25, 0.3) is 0 Å². The molecule has 1 amide bonds. The molecule has 4 heteroatoms. The zero-order chi connectivity index (χ0) is 13.7. The average molecular weight is 263 g/mol. The summed E-state index contributed by atoms with van der Waals surface area (Å²) in [4.78, 5) is 12.6. The van der Waals surface area contributed by atoms with Crippen molar-refractivity contribution >= 4 is 5.91 Å². The van der Waals surface area contributed by atoms with Crippen molar-refractivity contribution in [3.63, 3.8) is 0 Å². The maximum atomic E-state index is 11.1. The lowest BCUT2D eigenvalue weighted by Gasteiger charge is -2.27. The Hall–Kier alpha value is -1.55. The van der Waals surface area contributed by atoms with Crippen LogP contribution in [-0.4, -0.2) is 32.1 Å². The highest BCUT2D eigenvalue weighted by atomic mass is 16.5.